The van der Waals surface area contributed by atoms with E-state index in [1.807, 2.05) is 13.0 Å². The van der Waals surface area contributed by atoms with Gasteiger partial charge in [-0.25, -0.2) is 4.98 Å². The van der Waals surface area contributed by atoms with E-state index in [2.05, 4.69) is 15.3 Å². The molecule has 68 valence electrons. The first kappa shape index (κ1) is 9.26. The third kappa shape index (κ3) is 2.30. The van der Waals surface area contributed by atoms with Crippen LogP contribution >= 0.6 is 0 Å². The second kappa shape index (κ2) is 4.26. The van der Waals surface area contributed by atoms with Crippen molar-refractivity contribution in [2.75, 3.05) is 6.54 Å². The highest BCUT2D eigenvalue weighted by atomic mass is 16.1. The Kier molecular flexibility index (Phi) is 3.03. The van der Waals surface area contributed by atoms with Crippen molar-refractivity contribution in [1.82, 2.24) is 15.3 Å². The first-order valence-electron chi connectivity index (χ1n) is 3.97. The van der Waals surface area contributed by atoms with Crippen molar-refractivity contribution in [3.05, 3.63) is 17.7 Å². The van der Waals surface area contributed by atoms with E-state index in [0.717, 1.165) is 12.2 Å². The maximum atomic E-state index is 11.2. The average molecular weight is 178 g/mol. The normalized spacial score (nSPS) is 9.23. The van der Waals surface area contributed by atoms with Gasteiger partial charge in [-0.05, 0) is 0 Å². The van der Waals surface area contributed by atoms with Crippen LogP contribution in [0.1, 0.15) is 23.2 Å². The SMILES string of the molecule is CCc1ncc(C(=O)NCC#N)[nH]1. The molecule has 1 aromatic rings. The minimum absolute atomic E-state index is 0.0132. The summed E-state index contributed by atoms with van der Waals surface area (Å²) in [5.41, 5.74) is 0.395. The fourth-order valence-electron chi connectivity index (χ4n) is 0.873. The molecular weight excluding hydrogens is 168 g/mol. The number of nitriles is 1. The van der Waals surface area contributed by atoms with Crippen molar-refractivity contribution in [3.8, 4) is 6.07 Å². The minimum atomic E-state index is -0.297. The lowest BCUT2D eigenvalue weighted by Gasteiger charge is -1.95. The highest BCUT2D eigenvalue weighted by Crippen LogP contribution is 1.96. The molecule has 0 spiro atoms. The molecule has 0 aliphatic rings. The molecule has 1 heterocycles. The monoisotopic (exact) mass is 178 g/mol. The first-order valence-corrected chi connectivity index (χ1v) is 3.97. The van der Waals surface area contributed by atoms with Gasteiger partial charge in [0.15, 0.2) is 0 Å². The van der Waals surface area contributed by atoms with Crippen molar-refractivity contribution in [2.24, 2.45) is 0 Å². The molecule has 0 unspecified atom stereocenters. The zero-order valence-corrected chi connectivity index (χ0v) is 7.29. The van der Waals surface area contributed by atoms with E-state index in [4.69, 9.17) is 5.26 Å². The highest BCUT2D eigenvalue weighted by molar-refractivity contribution is 5.92. The number of nitrogens with one attached hydrogen (secondary N) is 2. The van der Waals surface area contributed by atoms with Crippen LogP contribution in [-0.4, -0.2) is 22.4 Å². The van der Waals surface area contributed by atoms with Crippen LogP contribution in [0, 0.1) is 11.3 Å². The molecule has 0 bridgehead atoms. The van der Waals surface area contributed by atoms with Crippen LogP contribution in [-0.2, 0) is 6.42 Å². The Labute approximate surface area is 75.8 Å². The molecule has 0 aromatic carbocycles. The number of carbonyl (C=O) groups is 1. The van der Waals surface area contributed by atoms with Gasteiger partial charge in [-0.15, -0.1) is 0 Å². The molecule has 5 nitrogen and oxygen atoms in total. The van der Waals surface area contributed by atoms with E-state index >= 15 is 0 Å². The van der Waals surface area contributed by atoms with Gasteiger partial charge in [0.05, 0.1) is 12.3 Å². The molecule has 0 radical (unpaired) electrons. The number of aromatic nitrogens is 2. The highest BCUT2D eigenvalue weighted by Gasteiger charge is 2.07. The quantitative estimate of drug-likeness (QED) is 0.650. The fourth-order valence-corrected chi connectivity index (χ4v) is 0.873. The number of hydrogen-bond acceptors (Lipinski definition) is 3. The summed E-state index contributed by atoms with van der Waals surface area (Å²) in [4.78, 5) is 18.0. The van der Waals surface area contributed by atoms with E-state index in [1.54, 1.807) is 0 Å². The molecule has 2 N–H and O–H groups in total. The molecule has 13 heavy (non-hydrogen) atoms. The van der Waals surface area contributed by atoms with Crippen LogP contribution in [0.25, 0.3) is 0 Å². The van der Waals surface area contributed by atoms with E-state index in [-0.39, 0.29) is 12.5 Å². The largest absolute Gasteiger partial charge is 0.338 e. The van der Waals surface area contributed by atoms with Gasteiger partial charge in [0, 0.05) is 6.42 Å². The smallest absolute Gasteiger partial charge is 0.270 e. The number of hydrogen-bond donors (Lipinski definition) is 2. The summed E-state index contributed by atoms with van der Waals surface area (Å²) in [5.74, 6) is 0.468. The summed E-state index contributed by atoms with van der Waals surface area (Å²) in [7, 11) is 0. The molecule has 0 aliphatic carbocycles. The fraction of sp³-hybridized carbons (Fsp3) is 0.375. The summed E-state index contributed by atoms with van der Waals surface area (Å²) in [5, 5.41) is 10.6. The molecule has 5 heteroatoms. The summed E-state index contributed by atoms with van der Waals surface area (Å²) < 4.78 is 0. The lowest BCUT2D eigenvalue weighted by molar-refractivity contribution is 0.0954. The van der Waals surface area contributed by atoms with E-state index < -0.39 is 0 Å². The third-order valence-electron chi connectivity index (χ3n) is 1.54. The second-order valence-corrected chi connectivity index (χ2v) is 2.44. The Morgan fingerprint density at radius 3 is 3.15 bits per heavy atom. The number of nitrogens with zero attached hydrogens (tertiary/aromatic N) is 2. The molecule has 1 aromatic heterocycles. The van der Waals surface area contributed by atoms with Gasteiger partial charge in [0.2, 0.25) is 0 Å². The molecule has 0 saturated carbocycles. The molecule has 0 aliphatic heterocycles. The van der Waals surface area contributed by atoms with Crippen LogP contribution in [0.3, 0.4) is 0 Å². The summed E-state index contributed by atoms with van der Waals surface area (Å²) in [6.45, 7) is 1.95. The van der Waals surface area contributed by atoms with Crippen molar-refractivity contribution in [2.45, 2.75) is 13.3 Å². The van der Waals surface area contributed by atoms with E-state index in [1.165, 1.54) is 6.20 Å². The zero-order chi connectivity index (χ0) is 9.68. The van der Waals surface area contributed by atoms with Crippen LogP contribution in [0.4, 0.5) is 0 Å². The van der Waals surface area contributed by atoms with Crippen LogP contribution in [0.2, 0.25) is 0 Å². The average Bonchev–Trinajstić information content (AvgIpc) is 2.62. The predicted molar refractivity (Wildman–Crippen MR) is 45.9 cm³/mol. The van der Waals surface area contributed by atoms with Crippen molar-refractivity contribution < 1.29 is 4.79 Å². The van der Waals surface area contributed by atoms with Crippen molar-refractivity contribution in [3.63, 3.8) is 0 Å². The summed E-state index contributed by atoms with van der Waals surface area (Å²) >= 11 is 0. The number of H-pyrrole nitrogens is 1. The standard InChI is InChI=1S/C8H10N4O/c1-2-7-11-5-6(12-7)8(13)10-4-3-9/h5H,2,4H2,1H3,(H,10,13)(H,11,12). The van der Waals surface area contributed by atoms with Crippen LogP contribution < -0.4 is 5.32 Å². The Hall–Kier alpha value is -1.83. The van der Waals surface area contributed by atoms with Gasteiger partial charge in [-0.3, -0.25) is 4.79 Å². The summed E-state index contributed by atoms with van der Waals surface area (Å²) in [6, 6.07) is 1.82. The minimum Gasteiger partial charge on any atom is -0.338 e. The van der Waals surface area contributed by atoms with E-state index in [0.29, 0.717) is 5.69 Å². The van der Waals surface area contributed by atoms with E-state index in [9.17, 15) is 4.79 Å². The number of amides is 1. The Morgan fingerprint density at radius 1 is 1.85 bits per heavy atom. The molecule has 1 rings (SSSR count). The molecular formula is C8H10N4O. The molecule has 0 atom stereocenters. The number of carbonyl (C=O) groups excluding carboxylic acids is 1. The topological polar surface area (TPSA) is 81.6 Å². The van der Waals surface area contributed by atoms with Crippen molar-refractivity contribution >= 4 is 5.91 Å². The van der Waals surface area contributed by atoms with Crippen LogP contribution in [0.15, 0.2) is 6.20 Å². The van der Waals surface area contributed by atoms with Gasteiger partial charge in [-0.2, -0.15) is 5.26 Å². The van der Waals surface area contributed by atoms with Gasteiger partial charge in [0.25, 0.3) is 5.91 Å². The lowest BCUT2D eigenvalue weighted by Crippen LogP contribution is -2.23. The predicted octanol–water partition coefficient (Wildman–Crippen LogP) is 0.225. The first-order chi connectivity index (χ1) is 6.27. The lowest BCUT2D eigenvalue weighted by atomic mass is 10.4. The molecule has 0 fully saturated rings. The molecule has 1 amide bonds. The Balaban J connectivity index is 2.62. The number of aromatic amines is 1. The van der Waals surface area contributed by atoms with Gasteiger partial charge >= 0.3 is 0 Å². The zero-order valence-electron chi connectivity index (χ0n) is 7.29. The van der Waals surface area contributed by atoms with Gasteiger partial charge < -0.3 is 10.3 Å². The Bertz CT molecular complexity index is 336. The maximum absolute atomic E-state index is 11.2. The van der Waals surface area contributed by atoms with Gasteiger partial charge in [-0.1, -0.05) is 6.92 Å². The molecule has 0 saturated heterocycles. The number of imidazole rings is 1. The maximum Gasteiger partial charge on any atom is 0.270 e. The van der Waals surface area contributed by atoms with Crippen molar-refractivity contribution in [1.29, 1.82) is 5.26 Å². The number of aryl methyl sites for hydroxylation is 1. The van der Waals surface area contributed by atoms with Crippen LogP contribution in [0.5, 0.6) is 0 Å². The third-order valence-corrected chi connectivity index (χ3v) is 1.54. The van der Waals surface area contributed by atoms with Gasteiger partial charge in [0.1, 0.15) is 18.1 Å². The Morgan fingerprint density at radius 2 is 2.62 bits per heavy atom. The summed E-state index contributed by atoms with van der Waals surface area (Å²) in [6.07, 6.45) is 2.22. The second-order valence-electron chi connectivity index (χ2n) is 2.44. The number of rotatable bonds is 3.